The minimum atomic E-state index is -0.295. The Morgan fingerprint density at radius 3 is 3.08 bits per heavy atom. The van der Waals surface area contributed by atoms with Crippen molar-refractivity contribution in [1.82, 2.24) is 5.48 Å². The molecule has 0 saturated heterocycles. The highest BCUT2D eigenvalue weighted by atomic mass is 35.5. The number of carbonyl (C=O) groups is 1. The van der Waals surface area contributed by atoms with E-state index in [0.717, 1.165) is 0 Å². The van der Waals surface area contributed by atoms with Crippen LogP contribution < -0.4 is 5.48 Å². The Morgan fingerprint density at radius 2 is 2.58 bits per heavy atom. The molecule has 3 nitrogen and oxygen atoms in total. The lowest BCUT2D eigenvalue weighted by molar-refractivity contribution is 0.0368. The summed E-state index contributed by atoms with van der Waals surface area (Å²) < 4.78 is 0. The molecule has 1 aromatic rings. The van der Waals surface area contributed by atoms with Crippen LogP contribution in [0.3, 0.4) is 0 Å². The molecule has 0 atom stereocenters. The van der Waals surface area contributed by atoms with Crippen LogP contribution in [0.4, 0.5) is 0 Å². The average Bonchev–Trinajstić information content (AvgIpc) is 2.47. The highest BCUT2D eigenvalue weighted by Crippen LogP contribution is 2.21. The van der Waals surface area contributed by atoms with Crippen molar-refractivity contribution in [2.24, 2.45) is 0 Å². The molecule has 0 aromatic carbocycles. The normalized spacial score (nSPS) is 9.83. The highest BCUT2D eigenvalue weighted by molar-refractivity contribution is 7.12. The van der Waals surface area contributed by atoms with Gasteiger partial charge in [-0.1, -0.05) is 11.6 Å². The van der Waals surface area contributed by atoms with E-state index in [1.165, 1.54) is 11.3 Å². The predicted molar refractivity (Wildman–Crippen MR) is 48.4 cm³/mol. The lowest BCUT2D eigenvalue weighted by Gasteiger charge is -2.00. The maximum Gasteiger partial charge on any atom is 0.286 e. The van der Waals surface area contributed by atoms with Crippen LogP contribution in [-0.4, -0.2) is 12.5 Å². The second-order valence-electron chi connectivity index (χ2n) is 1.96. The number of hydrogen-bond acceptors (Lipinski definition) is 3. The van der Waals surface area contributed by atoms with Gasteiger partial charge in [0.2, 0.25) is 0 Å². The summed E-state index contributed by atoms with van der Waals surface area (Å²) >= 11 is 6.99. The van der Waals surface area contributed by atoms with Gasteiger partial charge in [-0.2, -0.15) is 0 Å². The van der Waals surface area contributed by atoms with Crippen molar-refractivity contribution in [1.29, 1.82) is 0 Å². The van der Waals surface area contributed by atoms with Crippen molar-refractivity contribution in [2.45, 2.75) is 6.92 Å². The van der Waals surface area contributed by atoms with Gasteiger partial charge in [0.05, 0.1) is 11.6 Å². The fourth-order valence-corrected chi connectivity index (χ4v) is 1.67. The summed E-state index contributed by atoms with van der Waals surface area (Å²) in [5.74, 6) is -0.295. The number of hydrogen-bond donors (Lipinski definition) is 1. The zero-order valence-corrected chi connectivity index (χ0v) is 8.04. The molecule has 0 fully saturated rings. The molecular weight excluding hydrogens is 198 g/mol. The summed E-state index contributed by atoms with van der Waals surface area (Å²) in [4.78, 5) is 16.4. The van der Waals surface area contributed by atoms with Gasteiger partial charge < -0.3 is 0 Å². The largest absolute Gasteiger partial charge is 0.286 e. The standard InChI is InChI=1S/C7H8ClNO2S/c1-2-11-9-7(10)6-5(8)3-4-12-6/h3-4H,2H2,1H3,(H,9,10). The minimum absolute atomic E-state index is 0.295. The van der Waals surface area contributed by atoms with Gasteiger partial charge in [0.25, 0.3) is 5.91 Å². The number of rotatable bonds is 3. The van der Waals surface area contributed by atoms with Crippen LogP contribution in [-0.2, 0) is 4.84 Å². The van der Waals surface area contributed by atoms with Gasteiger partial charge >= 0.3 is 0 Å². The molecule has 1 N–H and O–H groups in total. The number of carbonyl (C=O) groups excluding carboxylic acids is 1. The quantitative estimate of drug-likeness (QED) is 0.768. The molecule has 12 heavy (non-hydrogen) atoms. The average molecular weight is 206 g/mol. The van der Waals surface area contributed by atoms with E-state index >= 15 is 0 Å². The maximum absolute atomic E-state index is 11.2. The summed E-state index contributed by atoms with van der Waals surface area (Å²) in [6.07, 6.45) is 0. The van der Waals surface area contributed by atoms with Gasteiger partial charge in [0.1, 0.15) is 4.88 Å². The Hall–Kier alpha value is -0.580. The Kier molecular flexibility index (Phi) is 3.52. The SMILES string of the molecule is CCONC(=O)c1sccc1Cl. The molecule has 0 spiro atoms. The van der Waals surface area contributed by atoms with Crippen LogP contribution in [0.1, 0.15) is 16.6 Å². The number of thiophene rings is 1. The Labute approximate surface area is 79.2 Å². The second kappa shape index (κ2) is 4.45. The van der Waals surface area contributed by atoms with Crippen molar-refractivity contribution < 1.29 is 9.63 Å². The van der Waals surface area contributed by atoms with Gasteiger partial charge in [-0.25, -0.2) is 5.48 Å². The molecule has 5 heteroatoms. The second-order valence-corrected chi connectivity index (χ2v) is 3.29. The highest BCUT2D eigenvalue weighted by Gasteiger charge is 2.10. The molecule has 0 saturated carbocycles. The molecule has 0 unspecified atom stereocenters. The van der Waals surface area contributed by atoms with E-state index in [0.29, 0.717) is 16.5 Å². The molecule has 1 rings (SSSR count). The van der Waals surface area contributed by atoms with Crippen molar-refractivity contribution in [3.63, 3.8) is 0 Å². The third-order valence-corrected chi connectivity index (χ3v) is 2.47. The summed E-state index contributed by atoms with van der Waals surface area (Å²) in [7, 11) is 0. The molecular formula is C7H8ClNO2S. The van der Waals surface area contributed by atoms with Crippen LogP contribution in [0.5, 0.6) is 0 Å². The number of halogens is 1. The lowest BCUT2D eigenvalue weighted by atomic mass is 10.4. The van der Waals surface area contributed by atoms with E-state index in [9.17, 15) is 4.79 Å². The van der Waals surface area contributed by atoms with Crippen LogP contribution in [0.2, 0.25) is 5.02 Å². The molecule has 0 radical (unpaired) electrons. The van der Waals surface area contributed by atoms with Crippen LogP contribution in [0.15, 0.2) is 11.4 Å². The van der Waals surface area contributed by atoms with E-state index < -0.39 is 0 Å². The zero-order chi connectivity index (χ0) is 8.97. The monoisotopic (exact) mass is 205 g/mol. The van der Waals surface area contributed by atoms with Gasteiger partial charge in [0, 0.05) is 0 Å². The molecule has 1 amide bonds. The Morgan fingerprint density at radius 1 is 1.83 bits per heavy atom. The third kappa shape index (κ3) is 2.20. The fraction of sp³-hybridized carbons (Fsp3) is 0.286. The summed E-state index contributed by atoms with van der Waals surface area (Å²) in [6, 6.07) is 1.67. The van der Waals surface area contributed by atoms with E-state index in [1.54, 1.807) is 18.4 Å². The van der Waals surface area contributed by atoms with Gasteiger partial charge in [0.15, 0.2) is 0 Å². The Balaban J connectivity index is 2.59. The van der Waals surface area contributed by atoms with Crippen LogP contribution >= 0.6 is 22.9 Å². The first kappa shape index (κ1) is 9.51. The molecule has 0 bridgehead atoms. The van der Waals surface area contributed by atoms with Crippen LogP contribution in [0, 0.1) is 0 Å². The molecule has 0 aliphatic carbocycles. The van der Waals surface area contributed by atoms with Gasteiger partial charge in [-0.15, -0.1) is 11.3 Å². The van der Waals surface area contributed by atoms with E-state index in [-0.39, 0.29) is 5.91 Å². The summed E-state index contributed by atoms with van der Waals surface area (Å²) in [5.41, 5.74) is 2.26. The summed E-state index contributed by atoms with van der Waals surface area (Å²) in [5, 5.41) is 2.21. The smallest absolute Gasteiger partial charge is 0.274 e. The minimum Gasteiger partial charge on any atom is -0.274 e. The molecule has 1 heterocycles. The van der Waals surface area contributed by atoms with E-state index in [1.807, 2.05) is 0 Å². The molecule has 66 valence electrons. The van der Waals surface area contributed by atoms with Gasteiger partial charge in [-0.05, 0) is 18.4 Å². The number of amides is 1. The maximum atomic E-state index is 11.2. The van der Waals surface area contributed by atoms with Crippen LogP contribution in [0.25, 0.3) is 0 Å². The van der Waals surface area contributed by atoms with Crippen molar-refractivity contribution >= 4 is 28.8 Å². The first-order chi connectivity index (χ1) is 5.75. The zero-order valence-electron chi connectivity index (χ0n) is 6.46. The van der Waals surface area contributed by atoms with E-state index in [2.05, 4.69) is 5.48 Å². The van der Waals surface area contributed by atoms with Crippen molar-refractivity contribution in [2.75, 3.05) is 6.61 Å². The number of hydroxylamine groups is 1. The third-order valence-electron chi connectivity index (χ3n) is 1.13. The topological polar surface area (TPSA) is 38.3 Å². The first-order valence-electron chi connectivity index (χ1n) is 3.40. The molecule has 0 aliphatic heterocycles. The first-order valence-corrected chi connectivity index (χ1v) is 4.66. The summed E-state index contributed by atoms with van der Waals surface area (Å²) in [6.45, 7) is 2.23. The number of nitrogens with one attached hydrogen (secondary N) is 1. The lowest BCUT2D eigenvalue weighted by Crippen LogP contribution is -2.22. The Bertz CT molecular complexity index is 274. The van der Waals surface area contributed by atoms with Gasteiger partial charge in [-0.3, -0.25) is 9.63 Å². The predicted octanol–water partition coefficient (Wildman–Crippen LogP) is 2.08. The molecule has 1 aromatic heterocycles. The van der Waals surface area contributed by atoms with E-state index in [4.69, 9.17) is 16.4 Å². The van der Waals surface area contributed by atoms with Crippen molar-refractivity contribution in [3.8, 4) is 0 Å². The van der Waals surface area contributed by atoms with Crippen molar-refractivity contribution in [3.05, 3.63) is 21.3 Å². The molecule has 0 aliphatic rings. The fourth-order valence-electron chi connectivity index (χ4n) is 0.640.